The number of halogens is 1. The highest BCUT2D eigenvalue weighted by Gasteiger charge is 2.32. The summed E-state index contributed by atoms with van der Waals surface area (Å²) < 4.78 is 6.27. The molecule has 2 aromatic rings. The number of fused-ring (bicyclic) bond motifs is 1. The summed E-state index contributed by atoms with van der Waals surface area (Å²) in [5, 5.41) is 3.16. The Morgan fingerprint density at radius 2 is 2.28 bits per heavy atom. The lowest BCUT2D eigenvalue weighted by molar-refractivity contribution is -0.116. The summed E-state index contributed by atoms with van der Waals surface area (Å²) in [5.74, 6) is 0.929. The molecule has 1 aromatic heterocycles. The van der Waals surface area contributed by atoms with Gasteiger partial charge >= 0.3 is 0 Å². The Labute approximate surface area is 157 Å². The van der Waals surface area contributed by atoms with Crippen molar-refractivity contribution >= 4 is 39.4 Å². The van der Waals surface area contributed by atoms with Crippen molar-refractivity contribution in [2.24, 2.45) is 0 Å². The Morgan fingerprint density at radius 3 is 3.00 bits per heavy atom. The first-order valence-corrected chi connectivity index (χ1v) is 9.32. The molecule has 8 heteroatoms. The largest absolute Gasteiger partial charge is 0.496 e. The van der Waals surface area contributed by atoms with Gasteiger partial charge in [-0.15, -0.1) is 6.58 Å². The van der Waals surface area contributed by atoms with Crippen LogP contribution in [0.4, 0.5) is 5.82 Å². The first-order chi connectivity index (χ1) is 12.0. The maximum atomic E-state index is 12.7. The van der Waals surface area contributed by atoms with Gasteiger partial charge in [0.2, 0.25) is 5.91 Å². The molecule has 0 saturated heterocycles. The van der Waals surface area contributed by atoms with E-state index in [1.54, 1.807) is 13.2 Å². The number of methoxy groups -OCH3 is 1. The van der Waals surface area contributed by atoms with Gasteiger partial charge in [-0.05, 0) is 18.2 Å². The number of carbonyl (C=O) groups is 1. The zero-order valence-electron chi connectivity index (χ0n) is 13.5. The van der Waals surface area contributed by atoms with E-state index in [1.165, 1.54) is 11.8 Å². The Morgan fingerprint density at radius 1 is 1.48 bits per heavy atom. The van der Waals surface area contributed by atoms with E-state index in [9.17, 15) is 9.59 Å². The monoisotopic (exact) mass is 421 g/mol. The number of amides is 1. The first kappa shape index (κ1) is 17.8. The van der Waals surface area contributed by atoms with Crippen LogP contribution in [0.15, 0.2) is 45.3 Å². The molecule has 1 atom stereocenters. The number of aromatic amines is 1. The van der Waals surface area contributed by atoms with E-state index in [0.29, 0.717) is 28.0 Å². The van der Waals surface area contributed by atoms with Crippen molar-refractivity contribution in [1.82, 2.24) is 9.97 Å². The van der Waals surface area contributed by atoms with Crippen LogP contribution in [0.3, 0.4) is 0 Å². The van der Waals surface area contributed by atoms with Gasteiger partial charge in [-0.25, -0.2) is 4.98 Å². The van der Waals surface area contributed by atoms with Gasteiger partial charge in [-0.2, -0.15) is 0 Å². The van der Waals surface area contributed by atoms with E-state index in [1.807, 2.05) is 18.2 Å². The molecule has 0 unspecified atom stereocenters. The summed E-state index contributed by atoms with van der Waals surface area (Å²) in [6.07, 6.45) is 1.88. The van der Waals surface area contributed by atoms with E-state index >= 15 is 0 Å². The minimum Gasteiger partial charge on any atom is -0.496 e. The second kappa shape index (κ2) is 7.45. The fraction of sp³-hybridized carbons (Fsp3) is 0.235. The molecule has 1 aliphatic heterocycles. The number of carbonyl (C=O) groups excluding carboxylic acids is 1. The summed E-state index contributed by atoms with van der Waals surface area (Å²) in [4.78, 5) is 32.0. The van der Waals surface area contributed by atoms with E-state index in [0.717, 1.165) is 10.0 Å². The number of ether oxygens (including phenoxy) is 1. The number of nitrogens with zero attached hydrogens (tertiary/aromatic N) is 1. The molecule has 0 bridgehead atoms. The van der Waals surface area contributed by atoms with Crippen LogP contribution in [-0.2, 0) is 4.79 Å². The third-order valence-corrected chi connectivity index (χ3v) is 5.20. The molecule has 3 rings (SSSR count). The van der Waals surface area contributed by atoms with Crippen LogP contribution in [0, 0.1) is 0 Å². The summed E-state index contributed by atoms with van der Waals surface area (Å²) in [5.41, 5.74) is 0.953. The number of thioether (sulfide) groups is 1. The van der Waals surface area contributed by atoms with Gasteiger partial charge in [0.25, 0.3) is 5.56 Å². The van der Waals surface area contributed by atoms with Crippen LogP contribution < -0.4 is 15.6 Å². The number of hydrogen-bond acceptors (Lipinski definition) is 5. The van der Waals surface area contributed by atoms with Crippen LogP contribution in [0.2, 0.25) is 0 Å². The molecule has 0 fully saturated rings. The highest BCUT2D eigenvalue weighted by molar-refractivity contribution is 9.10. The van der Waals surface area contributed by atoms with Crippen LogP contribution >= 0.6 is 27.7 Å². The van der Waals surface area contributed by atoms with Gasteiger partial charge in [0.05, 0.1) is 12.7 Å². The molecule has 130 valence electrons. The smallest absolute Gasteiger partial charge is 0.257 e. The molecule has 1 aromatic carbocycles. The molecule has 1 aliphatic rings. The van der Waals surface area contributed by atoms with Gasteiger partial charge in [0.1, 0.15) is 11.6 Å². The average Bonchev–Trinajstić information content (AvgIpc) is 2.58. The summed E-state index contributed by atoms with van der Waals surface area (Å²) in [6.45, 7) is 3.65. The van der Waals surface area contributed by atoms with Crippen LogP contribution in [0.1, 0.15) is 23.5 Å². The van der Waals surface area contributed by atoms with E-state index in [-0.39, 0.29) is 17.9 Å². The van der Waals surface area contributed by atoms with Crippen molar-refractivity contribution in [3.8, 4) is 5.75 Å². The van der Waals surface area contributed by atoms with Crippen LogP contribution in [0.5, 0.6) is 5.75 Å². The van der Waals surface area contributed by atoms with Crippen molar-refractivity contribution in [3.63, 3.8) is 0 Å². The number of aromatic nitrogens is 2. The Bertz CT molecular complexity index is 897. The molecule has 0 radical (unpaired) electrons. The minimum atomic E-state index is -0.425. The molecule has 0 aliphatic carbocycles. The molecular formula is C17H16BrN3O3S. The predicted molar refractivity (Wildman–Crippen MR) is 102 cm³/mol. The van der Waals surface area contributed by atoms with Crippen molar-refractivity contribution < 1.29 is 9.53 Å². The maximum Gasteiger partial charge on any atom is 0.257 e. The number of H-pyrrole nitrogens is 1. The third-order valence-electron chi connectivity index (χ3n) is 3.83. The fourth-order valence-electron chi connectivity index (χ4n) is 2.80. The van der Waals surface area contributed by atoms with Crippen LogP contribution in [-0.4, -0.2) is 28.7 Å². The van der Waals surface area contributed by atoms with Gasteiger partial charge in [-0.3, -0.25) is 9.59 Å². The second-order valence-corrected chi connectivity index (χ2v) is 7.35. The SMILES string of the molecule is C=CCSc1nc2c(c(=O)[nH]1)[C@@H](c1cc(Br)ccc1OC)CC(=O)N2. The van der Waals surface area contributed by atoms with Gasteiger partial charge in [0, 0.05) is 28.1 Å². The zero-order chi connectivity index (χ0) is 18.0. The van der Waals surface area contributed by atoms with Crippen molar-refractivity contribution in [3.05, 3.63) is 56.8 Å². The minimum absolute atomic E-state index is 0.156. The predicted octanol–water partition coefficient (Wildman–Crippen LogP) is 3.29. The summed E-state index contributed by atoms with van der Waals surface area (Å²) in [6, 6.07) is 5.52. The fourth-order valence-corrected chi connectivity index (χ4v) is 3.78. The number of rotatable bonds is 5. The molecule has 0 spiro atoms. The molecule has 1 amide bonds. The first-order valence-electron chi connectivity index (χ1n) is 7.54. The number of anilines is 1. The quantitative estimate of drug-likeness (QED) is 0.439. The summed E-state index contributed by atoms with van der Waals surface area (Å²) in [7, 11) is 1.56. The Balaban J connectivity index is 2.14. The molecule has 0 saturated carbocycles. The Kier molecular flexibility index (Phi) is 5.29. The topological polar surface area (TPSA) is 84.1 Å². The second-order valence-electron chi connectivity index (χ2n) is 5.42. The third kappa shape index (κ3) is 3.64. The van der Waals surface area contributed by atoms with Crippen molar-refractivity contribution in [2.45, 2.75) is 17.5 Å². The van der Waals surface area contributed by atoms with Crippen LogP contribution in [0.25, 0.3) is 0 Å². The van der Waals surface area contributed by atoms with E-state index in [4.69, 9.17) is 4.74 Å². The molecule has 6 nitrogen and oxygen atoms in total. The maximum absolute atomic E-state index is 12.7. The molecule has 25 heavy (non-hydrogen) atoms. The van der Waals surface area contributed by atoms with E-state index in [2.05, 4.69) is 37.8 Å². The molecule has 2 N–H and O–H groups in total. The highest BCUT2D eigenvalue weighted by Crippen LogP contribution is 2.39. The van der Waals surface area contributed by atoms with Gasteiger partial charge in [0.15, 0.2) is 5.16 Å². The van der Waals surface area contributed by atoms with E-state index < -0.39 is 5.92 Å². The Hall–Kier alpha value is -2.06. The normalized spacial score (nSPS) is 16.1. The van der Waals surface area contributed by atoms with Gasteiger partial charge in [-0.1, -0.05) is 33.8 Å². The lowest BCUT2D eigenvalue weighted by Gasteiger charge is -2.25. The zero-order valence-corrected chi connectivity index (χ0v) is 15.9. The van der Waals surface area contributed by atoms with Crippen molar-refractivity contribution in [2.75, 3.05) is 18.2 Å². The number of nitrogens with one attached hydrogen (secondary N) is 2. The number of hydrogen-bond donors (Lipinski definition) is 2. The van der Waals surface area contributed by atoms with Gasteiger partial charge < -0.3 is 15.0 Å². The summed E-state index contributed by atoms with van der Waals surface area (Å²) >= 11 is 4.78. The standard InChI is InChI=1S/C17H16BrN3O3S/c1-3-6-25-17-20-15-14(16(23)21-17)11(8-13(22)19-15)10-7-9(18)4-5-12(10)24-2/h3-5,7,11H,1,6,8H2,2H3,(H2,19,20,21,22,23)/t11-/m1/s1. The lowest BCUT2D eigenvalue weighted by atomic mass is 9.86. The number of benzene rings is 1. The lowest BCUT2D eigenvalue weighted by Crippen LogP contribution is -2.31. The molecular weight excluding hydrogens is 406 g/mol. The average molecular weight is 422 g/mol. The highest BCUT2D eigenvalue weighted by atomic mass is 79.9. The van der Waals surface area contributed by atoms with Crippen molar-refractivity contribution in [1.29, 1.82) is 0 Å². The molecule has 2 heterocycles.